The molecule has 0 aliphatic carbocycles. The second-order valence-electron chi connectivity index (χ2n) is 6.48. The SMILES string of the molecule is CN=C(C(C=N)NC(=O)c1nc(-c2c(F)cccc2F)sc1N)N1CCCOCC1. The van der Waals surface area contributed by atoms with Gasteiger partial charge in [0.05, 0.1) is 12.2 Å². The van der Waals surface area contributed by atoms with Crippen molar-refractivity contribution in [3.05, 3.63) is 35.5 Å². The number of carbonyl (C=O) groups excluding carboxylic acids is 1. The number of rotatable bonds is 5. The van der Waals surface area contributed by atoms with Gasteiger partial charge in [-0.25, -0.2) is 13.8 Å². The highest BCUT2D eigenvalue weighted by atomic mass is 32.1. The number of nitrogens with two attached hydrogens (primary N) is 1. The van der Waals surface area contributed by atoms with E-state index < -0.39 is 23.6 Å². The molecule has 1 atom stereocenters. The Balaban J connectivity index is 1.82. The number of aliphatic imine (C=N–C) groups is 1. The molecule has 11 heteroatoms. The molecule has 1 amide bonds. The first-order chi connectivity index (χ1) is 14.5. The number of hydrogen-bond acceptors (Lipinski definition) is 7. The number of hydrogen-bond donors (Lipinski definition) is 3. The van der Waals surface area contributed by atoms with E-state index in [0.29, 0.717) is 32.1 Å². The molecule has 1 aromatic carbocycles. The Morgan fingerprint density at radius 1 is 1.40 bits per heavy atom. The summed E-state index contributed by atoms with van der Waals surface area (Å²) in [7, 11) is 1.58. The van der Waals surface area contributed by atoms with Crippen molar-refractivity contribution in [3.8, 4) is 10.6 Å². The molecule has 0 spiro atoms. The third-order valence-corrected chi connectivity index (χ3v) is 5.45. The van der Waals surface area contributed by atoms with Crippen molar-refractivity contribution >= 4 is 34.3 Å². The maximum absolute atomic E-state index is 14.1. The summed E-state index contributed by atoms with van der Waals surface area (Å²) in [6.07, 6.45) is 1.86. The lowest BCUT2D eigenvalue weighted by Crippen LogP contribution is -2.50. The highest BCUT2D eigenvalue weighted by molar-refractivity contribution is 7.19. The van der Waals surface area contributed by atoms with Crippen LogP contribution in [0.15, 0.2) is 23.2 Å². The maximum atomic E-state index is 14.1. The number of halogens is 2. The van der Waals surface area contributed by atoms with Crippen molar-refractivity contribution in [2.75, 3.05) is 39.1 Å². The van der Waals surface area contributed by atoms with E-state index in [2.05, 4.69) is 15.3 Å². The van der Waals surface area contributed by atoms with Crippen molar-refractivity contribution < 1.29 is 18.3 Å². The molecular formula is C19H22F2N6O2S. The fourth-order valence-corrected chi connectivity index (χ4v) is 4.02. The molecule has 2 heterocycles. The van der Waals surface area contributed by atoms with Crippen LogP contribution in [-0.4, -0.2) is 67.2 Å². The Morgan fingerprint density at radius 2 is 2.13 bits per heavy atom. The number of aromatic nitrogens is 1. The van der Waals surface area contributed by atoms with Crippen molar-refractivity contribution in [2.24, 2.45) is 4.99 Å². The van der Waals surface area contributed by atoms with Crippen LogP contribution in [0.5, 0.6) is 0 Å². The third kappa shape index (κ3) is 4.62. The van der Waals surface area contributed by atoms with E-state index in [9.17, 15) is 13.6 Å². The number of thiazole rings is 1. The lowest BCUT2D eigenvalue weighted by molar-refractivity contribution is 0.0949. The predicted molar refractivity (Wildman–Crippen MR) is 112 cm³/mol. The Morgan fingerprint density at radius 3 is 2.80 bits per heavy atom. The van der Waals surface area contributed by atoms with Gasteiger partial charge < -0.3 is 26.1 Å². The summed E-state index contributed by atoms with van der Waals surface area (Å²) < 4.78 is 33.6. The second kappa shape index (κ2) is 9.72. The number of anilines is 1. The van der Waals surface area contributed by atoms with Crippen LogP contribution in [0.1, 0.15) is 16.9 Å². The first-order valence-electron chi connectivity index (χ1n) is 9.27. The fourth-order valence-electron chi connectivity index (χ4n) is 3.15. The summed E-state index contributed by atoms with van der Waals surface area (Å²) in [5.41, 5.74) is 5.42. The fraction of sp³-hybridized carbons (Fsp3) is 0.368. The van der Waals surface area contributed by atoms with Crippen molar-refractivity contribution in [3.63, 3.8) is 0 Å². The van der Waals surface area contributed by atoms with Gasteiger partial charge >= 0.3 is 0 Å². The van der Waals surface area contributed by atoms with Gasteiger partial charge in [0, 0.05) is 33.0 Å². The Labute approximate surface area is 176 Å². The van der Waals surface area contributed by atoms with Crippen molar-refractivity contribution in [1.29, 1.82) is 5.41 Å². The zero-order chi connectivity index (χ0) is 21.7. The lowest BCUT2D eigenvalue weighted by Gasteiger charge is -2.28. The molecule has 1 unspecified atom stereocenters. The summed E-state index contributed by atoms with van der Waals surface area (Å²) in [5.74, 6) is -1.74. The maximum Gasteiger partial charge on any atom is 0.273 e. The molecule has 3 rings (SSSR count). The minimum Gasteiger partial charge on any atom is -0.389 e. The topological polar surface area (TPSA) is 117 Å². The molecular weight excluding hydrogens is 414 g/mol. The molecule has 8 nitrogen and oxygen atoms in total. The molecule has 30 heavy (non-hydrogen) atoms. The molecule has 1 fully saturated rings. The number of benzene rings is 1. The van der Waals surface area contributed by atoms with E-state index in [1.54, 1.807) is 7.05 Å². The number of amidine groups is 1. The van der Waals surface area contributed by atoms with E-state index >= 15 is 0 Å². The van der Waals surface area contributed by atoms with E-state index in [1.165, 1.54) is 6.07 Å². The van der Waals surface area contributed by atoms with Gasteiger partial charge in [0.1, 0.15) is 33.5 Å². The van der Waals surface area contributed by atoms with E-state index in [0.717, 1.165) is 36.1 Å². The summed E-state index contributed by atoms with van der Waals surface area (Å²) in [4.78, 5) is 23.0. The lowest BCUT2D eigenvalue weighted by atomic mass is 10.2. The largest absolute Gasteiger partial charge is 0.389 e. The average molecular weight is 436 g/mol. The summed E-state index contributed by atoms with van der Waals surface area (Å²) in [6.45, 7) is 2.43. The number of nitrogens with zero attached hydrogens (tertiary/aromatic N) is 3. The van der Waals surface area contributed by atoms with E-state index in [4.69, 9.17) is 15.9 Å². The van der Waals surface area contributed by atoms with Crippen LogP contribution in [0.4, 0.5) is 13.8 Å². The molecule has 1 aliphatic rings. The molecule has 4 N–H and O–H groups in total. The second-order valence-corrected chi connectivity index (χ2v) is 7.51. The molecule has 1 aliphatic heterocycles. The van der Waals surface area contributed by atoms with Crippen molar-refractivity contribution in [2.45, 2.75) is 12.5 Å². The van der Waals surface area contributed by atoms with Crippen LogP contribution in [-0.2, 0) is 4.74 Å². The molecule has 1 aromatic heterocycles. The number of amides is 1. The van der Waals surface area contributed by atoms with Gasteiger partial charge in [-0.3, -0.25) is 9.79 Å². The monoisotopic (exact) mass is 436 g/mol. The van der Waals surface area contributed by atoms with Crippen LogP contribution in [0, 0.1) is 17.0 Å². The number of ether oxygens (including phenoxy) is 1. The van der Waals surface area contributed by atoms with Crippen LogP contribution in [0.25, 0.3) is 10.6 Å². The zero-order valence-corrected chi connectivity index (χ0v) is 17.1. The Kier molecular flexibility index (Phi) is 7.06. The number of nitrogen functional groups attached to an aromatic ring is 1. The van der Waals surface area contributed by atoms with Gasteiger partial charge in [0.2, 0.25) is 0 Å². The summed E-state index contributed by atoms with van der Waals surface area (Å²) in [6, 6.07) is 2.65. The minimum absolute atomic E-state index is 0.0204. The molecule has 0 saturated carbocycles. The van der Waals surface area contributed by atoms with Gasteiger partial charge in [-0.15, -0.1) is 0 Å². The average Bonchev–Trinajstić information content (AvgIpc) is 2.91. The zero-order valence-electron chi connectivity index (χ0n) is 16.3. The van der Waals surface area contributed by atoms with Gasteiger partial charge in [-0.1, -0.05) is 17.4 Å². The van der Waals surface area contributed by atoms with Crippen molar-refractivity contribution in [1.82, 2.24) is 15.2 Å². The quantitative estimate of drug-likeness (QED) is 0.491. The van der Waals surface area contributed by atoms with Crippen LogP contribution in [0.3, 0.4) is 0 Å². The highest BCUT2D eigenvalue weighted by Crippen LogP contribution is 2.33. The Bertz CT molecular complexity index is 936. The van der Waals surface area contributed by atoms with Crippen LogP contribution in [0.2, 0.25) is 0 Å². The first kappa shape index (κ1) is 21.8. The third-order valence-electron chi connectivity index (χ3n) is 4.55. The van der Waals surface area contributed by atoms with Gasteiger partial charge in [-0.2, -0.15) is 0 Å². The smallest absolute Gasteiger partial charge is 0.273 e. The Hall–Kier alpha value is -2.92. The van der Waals surface area contributed by atoms with Gasteiger partial charge in [0.15, 0.2) is 5.69 Å². The molecule has 2 aromatic rings. The predicted octanol–water partition coefficient (Wildman–Crippen LogP) is 2.17. The first-order valence-corrected chi connectivity index (χ1v) is 10.1. The number of carbonyl (C=O) groups is 1. The van der Waals surface area contributed by atoms with E-state index in [1.807, 2.05) is 4.90 Å². The van der Waals surface area contributed by atoms with E-state index in [-0.39, 0.29) is 21.3 Å². The highest BCUT2D eigenvalue weighted by Gasteiger charge is 2.26. The molecule has 160 valence electrons. The van der Waals surface area contributed by atoms with Gasteiger partial charge in [0.25, 0.3) is 5.91 Å². The van der Waals surface area contributed by atoms with Crippen LogP contribution < -0.4 is 11.1 Å². The summed E-state index contributed by atoms with van der Waals surface area (Å²) >= 11 is 0.815. The molecule has 1 saturated heterocycles. The number of nitrogens with one attached hydrogen (secondary N) is 2. The standard InChI is InChI=1S/C19H22F2N6O2S/c1-24-17(27-6-3-8-29-9-7-27)13(10-22)25-18(28)15-16(23)30-19(26-15)14-11(20)4-2-5-12(14)21/h2,4-5,10,13,22H,3,6-9,23H2,1H3,(H,25,28). The summed E-state index contributed by atoms with van der Waals surface area (Å²) in [5, 5.41) is 10.4. The minimum atomic E-state index is -0.810. The molecule has 0 radical (unpaired) electrons. The molecule has 0 bridgehead atoms. The van der Waals surface area contributed by atoms with Crippen LogP contribution >= 0.6 is 11.3 Å². The normalized spacial score (nSPS) is 16.1. The van der Waals surface area contributed by atoms with Gasteiger partial charge in [-0.05, 0) is 18.6 Å².